The Morgan fingerprint density at radius 2 is 1.84 bits per heavy atom. The van der Waals surface area contributed by atoms with Crippen molar-refractivity contribution in [3.8, 4) is 23.0 Å². The molecule has 0 spiro atoms. The van der Waals surface area contributed by atoms with Crippen LogP contribution in [0.25, 0.3) is 0 Å². The number of allylic oxidation sites excluding steroid dienone is 1. The van der Waals surface area contributed by atoms with Crippen molar-refractivity contribution in [2.24, 2.45) is 5.10 Å². The van der Waals surface area contributed by atoms with E-state index in [2.05, 4.69) is 21.2 Å². The van der Waals surface area contributed by atoms with E-state index in [-0.39, 0.29) is 35.2 Å². The number of rotatable bonds is 16. The summed E-state index contributed by atoms with van der Waals surface area (Å²) >= 11 is 6.50. The van der Waals surface area contributed by atoms with E-state index in [0.29, 0.717) is 52.8 Å². The number of nitro benzene ring substituents is 1. The van der Waals surface area contributed by atoms with Gasteiger partial charge in [-0.15, -0.1) is 0 Å². The summed E-state index contributed by atoms with van der Waals surface area (Å²) in [7, 11) is 1.26. The predicted octanol–water partition coefficient (Wildman–Crippen LogP) is 4.75. The Morgan fingerprint density at radius 1 is 1.08 bits per heavy atom. The molecule has 260 valence electrons. The van der Waals surface area contributed by atoms with Crippen molar-refractivity contribution in [1.29, 1.82) is 0 Å². The van der Waals surface area contributed by atoms with E-state index < -0.39 is 29.2 Å². The summed E-state index contributed by atoms with van der Waals surface area (Å²) in [5.74, 6) is 0.647. The summed E-state index contributed by atoms with van der Waals surface area (Å²) in [6.45, 7) is 5.61. The second kappa shape index (κ2) is 17.0. The van der Waals surface area contributed by atoms with Gasteiger partial charge >= 0.3 is 12.0 Å². The molecule has 49 heavy (non-hydrogen) atoms. The topological polar surface area (TPSA) is 192 Å². The predicted molar refractivity (Wildman–Crippen MR) is 179 cm³/mol. The molecule has 3 aromatic carbocycles. The Kier molecular flexibility index (Phi) is 12.6. The van der Waals surface area contributed by atoms with Crippen molar-refractivity contribution in [1.82, 2.24) is 16.1 Å². The lowest BCUT2D eigenvalue weighted by molar-refractivity contribution is -0.384. The Morgan fingerprint density at radius 3 is 2.55 bits per heavy atom. The number of halogens is 1. The van der Waals surface area contributed by atoms with Crippen LogP contribution in [0.1, 0.15) is 43.5 Å². The van der Waals surface area contributed by atoms with E-state index in [1.807, 2.05) is 0 Å². The van der Waals surface area contributed by atoms with Crippen LogP contribution in [0.4, 0.5) is 10.5 Å². The normalized spacial score (nSPS) is 14.8. The van der Waals surface area contributed by atoms with E-state index in [1.165, 1.54) is 25.5 Å². The minimum Gasteiger partial charge on any atom is -0.490 e. The number of hydrogen-bond donors (Lipinski definition) is 4. The molecule has 2 amide bonds. The van der Waals surface area contributed by atoms with E-state index in [9.17, 15) is 24.8 Å². The number of urea groups is 1. The van der Waals surface area contributed by atoms with E-state index >= 15 is 0 Å². The van der Waals surface area contributed by atoms with Crippen molar-refractivity contribution < 1.29 is 43.3 Å². The zero-order valence-electron chi connectivity index (χ0n) is 27.2. The van der Waals surface area contributed by atoms with Gasteiger partial charge in [-0.05, 0) is 61.7 Å². The number of nitrogens with zero attached hydrogens (tertiary/aromatic N) is 2. The number of benzene rings is 3. The first-order chi connectivity index (χ1) is 23.5. The highest BCUT2D eigenvalue weighted by molar-refractivity contribution is 6.32. The lowest BCUT2D eigenvalue weighted by atomic mass is 9.95. The largest absolute Gasteiger partial charge is 0.490 e. The second-order valence-electron chi connectivity index (χ2n) is 10.4. The first-order valence-electron chi connectivity index (χ1n) is 15.1. The number of hydrogen-bond acceptors (Lipinski definition) is 12. The van der Waals surface area contributed by atoms with Gasteiger partial charge in [0.15, 0.2) is 29.2 Å². The minimum atomic E-state index is -1.23. The monoisotopic (exact) mass is 697 g/mol. The average molecular weight is 698 g/mol. The number of ether oxygens (including phenoxy) is 5. The number of carbonyl (C=O) groups is 2. The molecule has 1 aliphatic heterocycles. The fourth-order valence-corrected chi connectivity index (χ4v) is 5.07. The van der Waals surface area contributed by atoms with E-state index in [1.54, 1.807) is 63.2 Å². The van der Waals surface area contributed by atoms with Gasteiger partial charge in [-0.1, -0.05) is 29.8 Å². The zero-order chi connectivity index (χ0) is 35.5. The zero-order valence-corrected chi connectivity index (χ0v) is 27.9. The number of aliphatic hydroxyl groups excluding tert-OH is 1. The van der Waals surface area contributed by atoms with Crippen LogP contribution in [0.3, 0.4) is 0 Å². The summed E-state index contributed by atoms with van der Waals surface area (Å²) in [6.07, 6.45) is 0.189. The fourth-order valence-electron chi connectivity index (χ4n) is 4.80. The molecule has 15 nitrogen and oxygen atoms in total. The van der Waals surface area contributed by atoms with Crippen LogP contribution in [0, 0.1) is 10.1 Å². The molecule has 16 heteroatoms. The third-order valence-corrected chi connectivity index (χ3v) is 7.23. The highest BCUT2D eigenvalue weighted by Crippen LogP contribution is 2.37. The fraction of sp³-hybridized carbons (Fsp3) is 0.303. The molecular formula is C33H36ClN5O10. The van der Waals surface area contributed by atoms with Crippen molar-refractivity contribution in [3.63, 3.8) is 0 Å². The lowest BCUT2D eigenvalue weighted by Gasteiger charge is -2.28. The molecule has 0 aromatic heterocycles. The highest BCUT2D eigenvalue weighted by atomic mass is 35.5. The Hall–Kier alpha value is -5.54. The van der Waals surface area contributed by atoms with Gasteiger partial charge in [-0.3, -0.25) is 15.5 Å². The van der Waals surface area contributed by atoms with Crippen LogP contribution in [-0.4, -0.2) is 61.4 Å². The summed E-state index contributed by atoms with van der Waals surface area (Å²) in [6, 6.07) is 13.0. The smallest absolute Gasteiger partial charge is 0.337 e. The van der Waals surface area contributed by atoms with Crippen molar-refractivity contribution in [2.45, 2.75) is 39.6 Å². The molecule has 4 rings (SSSR count). The molecule has 0 aliphatic carbocycles. The third kappa shape index (κ3) is 9.52. The summed E-state index contributed by atoms with van der Waals surface area (Å²) in [4.78, 5) is 35.3. The minimum absolute atomic E-state index is 0.0241. The number of carbonyl (C=O) groups excluding carboxylic acids is 2. The van der Waals surface area contributed by atoms with Gasteiger partial charge in [0.2, 0.25) is 0 Å². The lowest BCUT2D eigenvalue weighted by Crippen LogP contribution is -2.45. The van der Waals surface area contributed by atoms with Gasteiger partial charge in [0, 0.05) is 17.8 Å². The number of nitrogens with one attached hydrogen (secondary N) is 3. The molecule has 2 atom stereocenters. The van der Waals surface area contributed by atoms with Crippen LogP contribution in [0.5, 0.6) is 23.0 Å². The van der Waals surface area contributed by atoms with Crippen molar-refractivity contribution in [3.05, 3.63) is 97.7 Å². The van der Waals surface area contributed by atoms with Crippen LogP contribution in [0.15, 0.2) is 71.0 Å². The number of methoxy groups -OCH3 is 1. The van der Waals surface area contributed by atoms with Gasteiger partial charge in [0.05, 0.1) is 48.1 Å². The van der Waals surface area contributed by atoms with Crippen molar-refractivity contribution >= 4 is 35.5 Å². The maximum absolute atomic E-state index is 12.5. The molecule has 3 aromatic rings. The molecule has 1 heterocycles. The number of aliphatic hydroxyl groups is 1. The quantitative estimate of drug-likeness (QED) is 0.0531. The number of non-ortho nitro benzene ring substituents is 1. The van der Waals surface area contributed by atoms with Gasteiger partial charge in [-0.25, -0.2) is 9.59 Å². The van der Waals surface area contributed by atoms with E-state index in [4.69, 9.17) is 35.3 Å². The highest BCUT2D eigenvalue weighted by Gasteiger charge is 2.32. The van der Waals surface area contributed by atoms with Gasteiger partial charge in [0.25, 0.3) is 5.69 Å². The first kappa shape index (κ1) is 36.3. The summed E-state index contributed by atoms with van der Waals surface area (Å²) in [5.41, 5.74) is 4.80. The molecule has 0 saturated heterocycles. The summed E-state index contributed by atoms with van der Waals surface area (Å²) in [5, 5.41) is 31.2. The van der Waals surface area contributed by atoms with Crippen LogP contribution >= 0.6 is 11.6 Å². The standard InChI is InChI=1S/C33H36ClN5O10/c1-5-46-26-15-22(30-29(32(41)45-4)19(3)36-33(42)37-30)10-11-25(26)48-18-28(40)38-35-16-21-13-24(34)31(27(14-21)47-6-2)49-17-20-8-7-9-23(12-20)39(43)44/h7-16,28,30,38,40H,5-6,17-18H2,1-4H3,(H2,36,37,42)/b35-16-/t28-,30-/m0/s1. The molecule has 0 unspecified atom stereocenters. The maximum Gasteiger partial charge on any atom is 0.337 e. The first-order valence-corrected chi connectivity index (χ1v) is 15.5. The molecule has 0 saturated carbocycles. The molecule has 0 bridgehead atoms. The van der Waals surface area contributed by atoms with E-state index in [0.717, 1.165) is 0 Å². The molecule has 0 fully saturated rings. The number of esters is 1. The Balaban J connectivity index is 1.40. The molecule has 0 radical (unpaired) electrons. The van der Waals surface area contributed by atoms with Crippen molar-refractivity contribution in [2.75, 3.05) is 26.9 Å². The SMILES string of the molecule is CCOc1cc([C@@H]2NC(=O)NC(C)=C2C(=O)OC)ccc1OC[C@H](O)N/N=C\c1cc(Cl)c(OCc2cccc([N+](=O)[O-])c2)c(OCC)c1. The molecular weight excluding hydrogens is 662 g/mol. The Labute approximate surface area is 286 Å². The van der Waals surface area contributed by atoms with Gasteiger partial charge < -0.3 is 39.4 Å². The second-order valence-corrected chi connectivity index (χ2v) is 10.8. The third-order valence-electron chi connectivity index (χ3n) is 6.95. The van der Waals surface area contributed by atoms with Crippen LogP contribution in [0.2, 0.25) is 5.02 Å². The van der Waals surface area contributed by atoms with Crippen LogP contribution in [-0.2, 0) is 16.1 Å². The molecule has 4 N–H and O–H groups in total. The van der Waals surface area contributed by atoms with Gasteiger partial charge in [0.1, 0.15) is 13.2 Å². The average Bonchev–Trinajstić information content (AvgIpc) is 3.07. The maximum atomic E-state index is 12.5. The Bertz CT molecular complexity index is 1750. The summed E-state index contributed by atoms with van der Waals surface area (Å²) < 4.78 is 28.0. The number of nitro groups is 1. The number of hydrazone groups is 1. The van der Waals surface area contributed by atoms with Crippen LogP contribution < -0.4 is 35.0 Å². The van der Waals surface area contributed by atoms with Gasteiger partial charge in [-0.2, -0.15) is 5.10 Å². The molecule has 1 aliphatic rings. The number of amides is 2.